The average molecular weight is 84.1 g/mol. The monoisotopic (exact) mass is 84.1 g/mol. The van der Waals surface area contributed by atoms with Gasteiger partial charge in [-0.15, -0.1) is 0 Å². The minimum atomic E-state index is 0.120. The van der Waals surface area contributed by atoms with E-state index in [2.05, 4.69) is 0 Å². The topological polar surface area (TPSA) is 17.1 Å². The lowest BCUT2D eigenvalue weighted by Crippen LogP contribution is -1.88. The zero-order valence-electron chi connectivity index (χ0n) is 3.90. The molecule has 0 rings (SSSR count). The summed E-state index contributed by atoms with van der Waals surface area (Å²) in [5.41, 5.74) is 0. The highest BCUT2D eigenvalue weighted by molar-refractivity contribution is 5.78. The lowest BCUT2D eigenvalue weighted by molar-refractivity contribution is -0.118. The first-order chi connectivity index (χ1) is 2.81. The van der Waals surface area contributed by atoms with Crippen molar-refractivity contribution in [1.29, 1.82) is 0 Å². The largest absolute Gasteiger partial charge is 0.300 e. The first kappa shape index (κ1) is 5.67. The molecule has 1 nitrogen and oxygen atoms in total. The zero-order chi connectivity index (χ0) is 4.99. The molecule has 0 aromatic rings. The van der Waals surface area contributed by atoms with Crippen LogP contribution in [0, 0.1) is 6.92 Å². The van der Waals surface area contributed by atoms with E-state index >= 15 is 0 Å². The standard InChI is InChI=1S/C5H8O/c1-3-5(6)4-2/h1H,3-4H2,2H3. The van der Waals surface area contributed by atoms with Crippen LogP contribution in [0.2, 0.25) is 0 Å². The Hall–Kier alpha value is -0.330. The molecule has 0 atom stereocenters. The lowest BCUT2D eigenvalue weighted by Gasteiger charge is -1.81. The number of Topliss-reactive ketones (excluding diaryl/α,β-unsaturated/α-hetero) is 1. The van der Waals surface area contributed by atoms with Gasteiger partial charge in [0.05, 0.1) is 0 Å². The Balaban J connectivity index is 2.99. The summed E-state index contributed by atoms with van der Waals surface area (Å²) in [5.74, 6) is 0.120. The Labute approximate surface area is 38.4 Å². The van der Waals surface area contributed by atoms with Gasteiger partial charge in [-0.25, -0.2) is 0 Å². The van der Waals surface area contributed by atoms with Crippen LogP contribution in [0.5, 0.6) is 0 Å². The van der Waals surface area contributed by atoms with E-state index in [1.54, 1.807) is 6.92 Å². The Morgan fingerprint density at radius 1 is 1.83 bits per heavy atom. The molecule has 0 N–H and O–H groups in total. The third kappa shape index (κ3) is 1.94. The highest BCUT2D eigenvalue weighted by atomic mass is 16.1. The van der Waals surface area contributed by atoms with Crippen molar-refractivity contribution in [1.82, 2.24) is 0 Å². The molecule has 0 fully saturated rings. The predicted molar refractivity (Wildman–Crippen MR) is 24.2 cm³/mol. The summed E-state index contributed by atoms with van der Waals surface area (Å²) in [6, 6.07) is 0. The minimum absolute atomic E-state index is 0.120. The molecule has 0 saturated heterocycles. The van der Waals surface area contributed by atoms with Crippen molar-refractivity contribution >= 4 is 5.78 Å². The minimum Gasteiger partial charge on any atom is -0.300 e. The van der Waals surface area contributed by atoms with Gasteiger partial charge in [-0.1, -0.05) is 6.92 Å². The van der Waals surface area contributed by atoms with Crippen molar-refractivity contribution in [3.05, 3.63) is 6.92 Å². The number of rotatable bonds is 2. The van der Waals surface area contributed by atoms with Crippen molar-refractivity contribution in [2.75, 3.05) is 0 Å². The first-order valence-corrected chi connectivity index (χ1v) is 2.03. The maximum Gasteiger partial charge on any atom is 0.132 e. The summed E-state index contributed by atoms with van der Waals surface area (Å²) in [7, 11) is 0. The van der Waals surface area contributed by atoms with Gasteiger partial charge in [0, 0.05) is 12.8 Å². The molecule has 0 aliphatic carbocycles. The summed E-state index contributed by atoms with van der Waals surface area (Å²) in [5, 5.41) is 0. The zero-order valence-corrected chi connectivity index (χ0v) is 3.90. The van der Waals surface area contributed by atoms with Crippen molar-refractivity contribution in [2.45, 2.75) is 19.8 Å². The Kier molecular flexibility index (Phi) is 2.73. The smallest absolute Gasteiger partial charge is 0.132 e. The van der Waals surface area contributed by atoms with E-state index in [0.29, 0.717) is 6.42 Å². The highest BCUT2D eigenvalue weighted by Crippen LogP contribution is 1.82. The maximum atomic E-state index is 10.1. The van der Waals surface area contributed by atoms with Crippen molar-refractivity contribution < 1.29 is 4.79 Å². The van der Waals surface area contributed by atoms with Crippen molar-refractivity contribution in [3.8, 4) is 0 Å². The molecule has 0 aromatic heterocycles. The van der Waals surface area contributed by atoms with Crippen LogP contribution in [0.3, 0.4) is 0 Å². The van der Waals surface area contributed by atoms with Crippen LogP contribution in [0.25, 0.3) is 0 Å². The lowest BCUT2D eigenvalue weighted by atomic mass is 10.3. The van der Waals surface area contributed by atoms with Gasteiger partial charge in [0.15, 0.2) is 0 Å². The van der Waals surface area contributed by atoms with Gasteiger partial charge in [0.1, 0.15) is 5.78 Å². The molecule has 0 heterocycles. The van der Waals surface area contributed by atoms with E-state index < -0.39 is 0 Å². The first-order valence-electron chi connectivity index (χ1n) is 2.03. The Morgan fingerprint density at radius 2 is 2.33 bits per heavy atom. The van der Waals surface area contributed by atoms with Gasteiger partial charge in [-0.05, 0) is 6.92 Å². The third-order valence-corrected chi connectivity index (χ3v) is 0.622. The van der Waals surface area contributed by atoms with E-state index in [-0.39, 0.29) is 12.2 Å². The van der Waals surface area contributed by atoms with Gasteiger partial charge in [-0.2, -0.15) is 0 Å². The van der Waals surface area contributed by atoms with E-state index in [1.165, 1.54) is 0 Å². The van der Waals surface area contributed by atoms with E-state index in [1.807, 2.05) is 0 Å². The highest BCUT2D eigenvalue weighted by Gasteiger charge is 1.87. The second-order valence-corrected chi connectivity index (χ2v) is 1.10. The number of hydrogen-bond donors (Lipinski definition) is 0. The van der Waals surface area contributed by atoms with Crippen LogP contribution < -0.4 is 0 Å². The summed E-state index contributed by atoms with van der Waals surface area (Å²) >= 11 is 0. The molecule has 6 heavy (non-hydrogen) atoms. The molecule has 0 spiro atoms. The van der Waals surface area contributed by atoms with Crippen LogP contribution in [0.15, 0.2) is 0 Å². The van der Waals surface area contributed by atoms with E-state index in [9.17, 15) is 4.79 Å². The predicted octanol–water partition coefficient (Wildman–Crippen LogP) is 1.07. The quantitative estimate of drug-likeness (QED) is 0.489. The van der Waals surface area contributed by atoms with Crippen LogP contribution in [0.4, 0.5) is 0 Å². The fourth-order valence-corrected chi connectivity index (χ4v) is 0.144. The fourth-order valence-electron chi connectivity index (χ4n) is 0.144. The number of carbonyl (C=O) groups is 1. The fraction of sp³-hybridized carbons (Fsp3) is 0.600. The molecule has 0 unspecified atom stereocenters. The molecule has 0 aliphatic rings. The average Bonchev–Trinajstić information content (AvgIpc) is 1.65. The van der Waals surface area contributed by atoms with E-state index in [4.69, 9.17) is 6.92 Å². The molecule has 1 heteroatoms. The van der Waals surface area contributed by atoms with Crippen molar-refractivity contribution in [3.63, 3.8) is 0 Å². The normalized spacial score (nSPS) is 8.33. The summed E-state index contributed by atoms with van der Waals surface area (Å²) < 4.78 is 0. The summed E-state index contributed by atoms with van der Waals surface area (Å²) in [4.78, 5) is 10.1. The van der Waals surface area contributed by atoms with Gasteiger partial charge >= 0.3 is 0 Å². The molecular formula is C5H8O. The number of hydrogen-bond acceptors (Lipinski definition) is 1. The Morgan fingerprint density at radius 3 is 2.33 bits per heavy atom. The molecule has 0 amide bonds. The Bertz CT molecular complexity index is 41.9. The molecule has 0 aromatic carbocycles. The summed E-state index contributed by atoms with van der Waals surface area (Å²) in [6.07, 6.45) is 0.757. The van der Waals surface area contributed by atoms with Gasteiger partial charge < -0.3 is 0 Å². The van der Waals surface area contributed by atoms with Crippen LogP contribution in [-0.2, 0) is 4.79 Å². The SMILES string of the molecule is [CH]CC(=O)CC. The number of ketones is 1. The number of carbonyl (C=O) groups excluding carboxylic acids is 1. The molecule has 0 aliphatic heterocycles. The van der Waals surface area contributed by atoms with Crippen LogP contribution in [-0.4, -0.2) is 5.78 Å². The second-order valence-electron chi connectivity index (χ2n) is 1.10. The van der Waals surface area contributed by atoms with E-state index in [0.717, 1.165) is 0 Å². The molecule has 0 bridgehead atoms. The molecular weight excluding hydrogens is 76.1 g/mol. The summed E-state index contributed by atoms with van der Waals surface area (Å²) in [6.45, 7) is 6.73. The van der Waals surface area contributed by atoms with Gasteiger partial charge in [0.2, 0.25) is 0 Å². The van der Waals surface area contributed by atoms with Crippen LogP contribution >= 0.6 is 0 Å². The third-order valence-electron chi connectivity index (χ3n) is 0.622. The molecule has 34 valence electrons. The van der Waals surface area contributed by atoms with Gasteiger partial charge in [-0.3, -0.25) is 4.79 Å². The van der Waals surface area contributed by atoms with Gasteiger partial charge in [0.25, 0.3) is 0 Å². The van der Waals surface area contributed by atoms with Crippen LogP contribution in [0.1, 0.15) is 19.8 Å². The van der Waals surface area contributed by atoms with Crippen molar-refractivity contribution in [2.24, 2.45) is 0 Å². The second kappa shape index (κ2) is 2.88. The molecule has 2 radical (unpaired) electrons. The molecule has 0 saturated carbocycles. The maximum absolute atomic E-state index is 10.1.